The molecule has 0 atom stereocenters. The largest absolute Gasteiger partial charge is 0.466 e. The van der Waals surface area contributed by atoms with Crippen LogP contribution in [0.15, 0.2) is 30.3 Å². The number of benzene rings is 1. The molecule has 1 aromatic rings. The van der Waals surface area contributed by atoms with Crippen LogP contribution in [0.2, 0.25) is 19.6 Å². The lowest BCUT2D eigenvalue weighted by Crippen LogP contribution is -2.37. The molecule has 0 radical (unpaired) electrons. The summed E-state index contributed by atoms with van der Waals surface area (Å²) in [5.41, 5.74) is 1.13. The minimum Gasteiger partial charge on any atom is -0.466 e. The molecule has 0 amide bonds. The molecule has 0 unspecified atom stereocenters. The minimum absolute atomic E-state index is 0.174. The second-order valence-electron chi connectivity index (χ2n) is 5.28. The van der Waals surface area contributed by atoms with Crippen LogP contribution in [0.3, 0.4) is 0 Å². The minimum atomic E-state index is -1.21. The standard InChI is InChI=1S/C15H22O2Si/c1-5-17-15(16)8-6-7-13-9-11-14(12-10-13)18(2,3)4/h6-7,9-12H,5,8H2,1-4H3. The summed E-state index contributed by atoms with van der Waals surface area (Å²) in [6.07, 6.45) is 4.15. The molecule has 0 aliphatic rings. The number of carbonyl (C=O) groups excluding carboxylic acids is 1. The lowest BCUT2D eigenvalue weighted by Gasteiger charge is -2.16. The second-order valence-corrected chi connectivity index (χ2v) is 10.4. The van der Waals surface area contributed by atoms with Crippen LogP contribution in [0.25, 0.3) is 6.08 Å². The highest BCUT2D eigenvalue weighted by Gasteiger charge is 2.15. The average Bonchev–Trinajstić information content (AvgIpc) is 2.29. The van der Waals surface area contributed by atoms with Gasteiger partial charge >= 0.3 is 5.97 Å². The zero-order valence-corrected chi connectivity index (χ0v) is 12.7. The summed E-state index contributed by atoms with van der Waals surface area (Å²) in [6.45, 7) is 9.25. The van der Waals surface area contributed by atoms with Gasteiger partial charge in [0.2, 0.25) is 0 Å². The van der Waals surface area contributed by atoms with E-state index in [1.54, 1.807) is 0 Å². The van der Waals surface area contributed by atoms with E-state index in [1.165, 1.54) is 5.19 Å². The average molecular weight is 262 g/mol. The topological polar surface area (TPSA) is 26.3 Å². The van der Waals surface area contributed by atoms with Gasteiger partial charge in [-0.05, 0) is 12.5 Å². The maximum absolute atomic E-state index is 11.2. The molecule has 0 fully saturated rings. The Bertz CT molecular complexity index is 413. The van der Waals surface area contributed by atoms with E-state index in [1.807, 2.05) is 19.1 Å². The van der Waals surface area contributed by atoms with Crippen molar-refractivity contribution in [2.24, 2.45) is 0 Å². The van der Waals surface area contributed by atoms with Crippen molar-refractivity contribution < 1.29 is 9.53 Å². The summed E-state index contributed by atoms with van der Waals surface area (Å²) in [6, 6.07) is 8.59. The Morgan fingerprint density at radius 2 is 1.83 bits per heavy atom. The lowest BCUT2D eigenvalue weighted by molar-refractivity contribution is -0.142. The number of ether oxygens (including phenoxy) is 1. The fourth-order valence-corrected chi connectivity index (χ4v) is 2.77. The molecule has 2 nitrogen and oxygen atoms in total. The fraction of sp³-hybridized carbons (Fsp3) is 0.400. The van der Waals surface area contributed by atoms with Gasteiger partial charge in [-0.25, -0.2) is 0 Å². The molecule has 0 heterocycles. The Labute approximate surface area is 111 Å². The van der Waals surface area contributed by atoms with Gasteiger partial charge < -0.3 is 4.74 Å². The molecule has 18 heavy (non-hydrogen) atoms. The predicted molar refractivity (Wildman–Crippen MR) is 79.7 cm³/mol. The Hall–Kier alpha value is -1.35. The first kappa shape index (κ1) is 14.7. The van der Waals surface area contributed by atoms with Crippen molar-refractivity contribution in [2.45, 2.75) is 33.0 Å². The van der Waals surface area contributed by atoms with Gasteiger partial charge in [0.05, 0.1) is 21.1 Å². The van der Waals surface area contributed by atoms with Gasteiger partial charge in [0.15, 0.2) is 0 Å². The molecule has 0 saturated carbocycles. The Balaban J connectivity index is 2.59. The van der Waals surface area contributed by atoms with Crippen LogP contribution in [0.5, 0.6) is 0 Å². The third-order valence-corrected chi connectivity index (χ3v) is 4.74. The van der Waals surface area contributed by atoms with Crippen molar-refractivity contribution in [1.82, 2.24) is 0 Å². The van der Waals surface area contributed by atoms with Crippen molar-refractivity contribution >= 4 is 25.3 Å². The Kier molecular flexibility index (Phi) is 5.35. The molecule has 0 aromatic heterocycles. The van der Waals surface area contributed by atoms with E-state index in [0.717, 1.165) is 5.56 Å². The van der Waals surface area contributed by atoms with E-state index in [0.29, 0.717) is 13.0 Å². The maximum atomic E-state index is 11.2. The first-order valence-electron chi connectivity index (χ1n) is 6.36. The van der Waals surface area contributed by atoms with E-state index < -0.39 is 8.07 Å². The molecular formula is C15H22O2Si. The van der Waals surface area contributed by atoms with Crippen LogP contribution in [-0.4, -0.2) is 20.7 Å². The van der Waals surface area contributed by atoms with Gasteiger partial charge in [-0.3, -0.25) is 4.79 Å². The number of hydrogen-bond acceptors (Lipinski definition) is 2. The maximum Gasteiger partial charge on any atom is 0.309 e. The van der Waals surface area contributed by atoms with Crippen LogP contribution in [0, 0.1) is 0 Å². The number of carbonyl (C=O) groups is 1. The van der Waals surface area contributed by atoms with Crippen LogP contribution in [0.4, 0.5) is 0 Å². The van der Waals surface area contributed by atoms with Crippen molar-refractivity contribution in [1.29, 1.82) is 0 Å². The Morgan fingerprint density at radius 1 is 1.22 bits per heavy atom. The molecule has 0 N–H and O–H groups in total. The second kappa shape index (κ2) is 6.54. The molecule has 1 aromatic carbocycles. The molecule has 0 aliphatic heterocycles. The first-order chi connectivity index (χ1) is 8.43. The number of rotatable bonds is 5. The van der Waals surface area contributed by atoms with E-state index in [4.69, 9.17) is 4.74 Å². The van der Waals surface area contributed by atoms with E-state index in [9.17, 15) is 4.79 Å². The van der Waals surface area contributed by atoms with Crippen molar-refractivity contribution in [3.63, 3.8) is 0 Å². The van der Waals surface area contributed by atoms with Gasteiger partial charge in [-0.1, -0.05) is 61.2 Å². The molecule has 98 valence electrons. The van der Waals surface area contributed by atoms with Crippen LogP contribution in [0.1, 0.15) is 18.9 Å². The normalized spacial score (nSPS) is 11.8. The summed E-state index contributed by atoms with van der Waals surface area (Å²) >= 11 is 0. The summed E-state index contributed by atoms with van der Waals surface area (Å²) < 4.78 is 4.86. The van der Waals surface area contributed by atoms with Gasteiger partial charge in [0, 0.05) is 0 Å². The van der Waals surface area contributed by atoms with Crippen molar-refractivity contribution in [3.8, 4) is 0 Å². The Morgan fingerprint density at radius 3 is 2.33 bits per heavy atom. The molecule has 0 aliphatic carbocycles. The molecule has 0 spiro atoms. The highest BCUT2D eigenvalue weighted by atomic mass is 28.3. The third kappa shape index (κ3) is 4.88. The van der Waals surface area contributed by atoms with E-state index in [-0.39, 0.29) is 5.97 Å². The monoisotopic (exact) mass is 262 g/mol. The number of esters is 1. The first-order valence-corrected chi connectivity index (χ1v) is 9.86. The quantitative estimate of drug-likeness (QED) is 0.602. The van der Waals surface area contributed by atoms with E-state index >= 15 is 0 Å². The van der Waals surface area contributed by atoms with Crippen LogP contribution >= 0.6 is 0 Å². The SMILES string of the molecule is CCOC(=O)CC=Cc1ccc([Si](C)(C)C)cc1. The molecule has 0 saturated heterocycles. The molecular weight excluding hydrogens is 240 g/mol. The van der Waals surface area contributed by atoms with Gasteiger partial charge in [-0.15, -0.1) is 0 Å². The summed E-state index contributed by atoms with van der Waals surface area (Å²) in [5, 5.41) is 1.45. The zero-order chi connectivity index (χ0) is 13.6. The third-order valence-electron chi connectivity index (χ3n) is 2.68. The van der Waals surface area contributed by atoms with Crippen LogP contribution in [-0.2, 0) is 9.53 Å². The predicted octanol–water partition coefficient (Wildman–Crippen LogP) is 3.20. The lowest BCUT2D eigenvalue weighted by atomic mass is 10.2. The summed E-state index contributed by atoms with van der Waals surface area (Å²) in [5.74, 6) is -0.174. The van der Waals surface area contributed by atoms with Gasteiger partial charge in [0.25, 0.3) is 0 Å². The summed E-state index contributed by atoms with van der Waals surface area (Å²) in [4.78, 5) is 11.2. The smallest absolute Gasteiger partial charge is 0.309 e. The van der Waals surface area contributed by atoms with Crippen molar-refractivity contribution in [3.05, 3.63) is 35.9 Å². The van der Waals surface area contributed by atoms with Gasteiger partial charge in [0.1, 0.15) is 0 Å². The van der Waals surface area contributed by atoms with Crippen molar-refractivity contribution in [2.75, 3.05) is 6.61 Å². The zero-order valence-electron chi connectivity index (χ0n) is 11.7. The molecule has 0 bridgehead atoms. The highest BCUT2D eigenvalue weighted by Crippen LogP contribution is 2.06. The van der Waals surface area contributed by atoms with Crippen LogP contribution < -0.4 is 5.19 Å². The van der Waals surface area contributed by atoms with Gasteiger partial charge in [-0.2, -0.15) is 0 Å². The van der Waals surface area contributed by atoms with E-state index in [2.05, 4.69) is 43.9 Å². The fourth-order valence-electron chi connectivity index (χ4n) is 1.61. The highest BCUT2D eigenvalue weighted by molar-refractivity contribution is 6.88. The molecule has 1 rings (SSSR count). The molecule has 3 heteroatoms. The summed E-state index contributed by atoms with van der Waals surface area (Å²) in [7, 11) is -1.21. The number of hydrogen-bond donors (Lipinski definition) is 0.